The van der Waals surface area contributed by atoms with E-state index in [1.54, 1.807) is 0 Å². The zero-order valence-corrected chi connectivity index (χ0v) is 12.6. The van der Waals surface area contributed by atoms with Gasteiger partial charge in [0.1, 0.15) is 5.75 Å². The number of nitrogens with zero attached hydrogens (tertiary/aromatic N) is 2. The largest absolute Gasteiger partial charge is 0.491 e. The van der Waals surface area contributed by atoms with Crippen molar-refractivity contribution in [3.63, 3.8) is 0 Å². The predicted molar refractivity (Wildman–Crippen MR) is 80.9 cm³/mol. The lowest BCUT2D eigenvalue weighted by atomic mass is 10.0. The van der Waals surface area contributed by atoms with Crippen LogP contribution in [0.2, 0.25) is 0 Å². The van der Waals surface area contributed by atoms with Gasteiger partial charge >= 0.3 is 0 Å². The molecule has 4 nitrogen and oxygen atoms in total. The minimum Gasteiger partial charge on any atom is -0.491 e. The molecule has 0 aliphatic carbocycles. The molecule has 0 aliphatic heterocycles. The van der Waals surface area contributed by atoms with Gasteiger partial charge in [-0.2, -0.15) is 5.10 Å². The molecule has 108 valence electrons. The Morgan fingerprint density at radius 3 is 2.40 bits per heavy atom. The summed E-state index contributed by atoms with van der Waals surface area (Å²) in [7, 11) is 1.97. The van der Waals surface area contributed by atoms with Crippen LogP contribution in [0, 0.1) is 0 Å². The van der Waals surface area contributed by atoms with Gasteiger partial charge in [-0.25, -0.2) is 0 Å². The highest BCUT2D eigenvalue weighted by molar-refractivity contribution is 5.33. The van der Waals surface area contributed by atoms with Gasteiger partial charge in [0.05, 0.1) is 17.8 Å². The lowest BCUT2D eigenvalue weighted by Gasteiger charge is -2.19. The third kappa shape index (κ3) is 3.39. The summed E-state index contributed by atoms with van der Waals surface area (Å²) in [6, 6.07) is 10.5. The number of rotatable bonds is 6. The van der Waals surface area contributed by atoms with Crippen LogP contribution in [0.1, 0.15) is 38.1 Å². The van der Waals surface area contributed by atoms with Gasteiger partial charge in [0.25, 0.3) is 0 Å². The van der Waals surface area contributed by atoms with Crippen molar-refractivity contribution < 1.29 is 4.74 Å². The van der Waals surface area contributed by atoms with Gasteiger partial charge in [-0.3, -0.25) is 4.68 Å². The Labute approximate surface area is 120 Å². The van der Waals surface area contributed by atoms with Crippen molar-refractivity contribution in [3.05, 3.63) is 47.8 Å². The zero-order chi connectivity index (χ0) is 14.5. The summed E-state index contributed by atoms with van der Waals surface area (Å²) in [4.78, 5) is 0. The number of nitrogens with one attached hydrogen (secondary N) is 1. The van der Waals surface area contributed by atoms with Crippen molar-refractivity contribution in [3.8, 4) is 5.75 Å². The highest BCUT2D eigenvalue weighted by Gasteiger charge is 2.16. The number of aryl methyl sites for hydroxylation is 1. The fourth-order valence-electron chi connectivity index (χ4n) is 2.28. The molecule has 0 amide bonds. The maximum atomic E-state index is 5.69. The third-order valence-corrected chi connectivity index (χ3v) is 3.15. The molecule has 0 aliphatic rings. The number of hydrogen-bond donors (Lipinski definition) is 1. The highest BCUT2D eigenvalue weighted by Crippen LogP contribution is 2.24. The molecular formula is C16H23N3O. The zero-order valence-electron chi connectivity index (χ0n) is 12.6. The molecule has 1 heterocycles. The predicted octanol–water partition coefficient (Wildman–Crippen LogP) is 2.91. The van der Waals surface area contributed by atoms with Crippen LogP contribution in [0.15, 0.2) is 36.5 Å². The van der Waals surface area contributed by atoms with E-state index < -0.39 is 0 Å². The number of aromatic nitrogens is 2. The second-order valence-electron chi connectivity index (χ2n) is 5.11. The average Bonchev–Trinajstić information content (AvgIpc) is 2.83. The van der Waals surface area contributed by atoms with Gasteiger partial charge in [-0.1, -0.05) is 19.1 Å². The van der Waals surface area contributed by atoms with E-state index in [2.05, 4.69) is 29.5 Å². The molecule has 2 aromatic rings. The van der Waals surface area contributed by atoms with Gasteiger partial charge < -0.3 is 10.1 Å². The monoisotopic (exact) mass is 273 g/mol. The van der Waals surface area contributed by atoms with E-state index in [4.69, 9.17) is 4.74 Å². The van der Waals surface area contributed by atoms with Crippen molar-refractivity contribution in [1.29, 1.82) is 0 Å². The van der Waals surface area contributed by atoms with Crippen LogP contribution in [-0.2, 0) is 7.05 Å². The molecule has 0 bridgehead atoms. The van der Waals surface area contributed by atoms with Crippen LogP contribution in [0.4, 0.5) is 0 Å². The van der Waals surface area contributed by atoms with Crippen LogP contribution >= 0.6 is 0 Å². The molecule has 0 radical (unpaired) electrons. The maximum absolute atomic E-state index is 5.69. The van der Waals surface area contributed by atoms with Gasteiger partial charge in [0.15, 0.2) is 0 Å². The maximum Gasteiger partial charge on any atom is 0.119 e. The summed E-state index contributed by atoms with van der Waals surface area (Å²) >= 11 is 0. The van der Waals surface area contributed by atoms with Crippen molar-refractivity contribution in [2.75, 3.05) is 6.54 Å². The van der Waals surface area contributed by atoms with Crippen molar-refractivity contribution >= 4 is 0 Å². The summed E-state index contributed by atoms with van der Waals surface area (Å²) in [5.41, 5.74) is 2.37. The van der Waals surface area contributed by atoms with Crippen molar-refractivity contribution in [2.45, 2.75) is 32.9 Å². The third-order valence-electron chi connectivity index (χ3n) is 3.15. The lowest BCUT2D eigenvalue weighted by Crippen LogP contribution is -2.24. The Balaban J connectivity index is 2.24. The van der Waals surface area contributed by atoms with Crippen molar-refractivity contribution in [2.24, 2.45) is 7.05 Å². The molecule has 0 saturated carbocycles. The Bertz CT molecular complexity index is 531. The molecule has 1 aromatic carbocycles. The Hall–Kier alpha value is -1.81. The van der Waals surface area contributed by atoms with E-state index in [0.29, 0.717) is 0 Å². The first-order valence-corrected chi connectivity index (χ1v) is 7.09. The fraction of sp³-hybridized carbons (Fsp3) is 0.438. The SMILES string of the molecule is CCNC(c1ccc(OC(C)C)cc1)c1ccnn1C. The molecule has 0 saturated heterocycles. The van der Waals surface area contributed by atoms with Gasteiger partial charge in [-0.15, -0.1) is 0 Å². The molecule has 2 rings (SSSR count). The fourth-order valence-corrected chi connectivity index (χ4v) is 2.28. The van der Waals surface area contributed by atoms with Gasteiger partial charge in [-0.05, 0) is 44.2 Å². The Morgan fingerprint density at radius 2 is 1.90 bits per heavy atom. The van der Waals surface area contributed by atoms with E-state index >= 15 is 0 Å². The quantitative estimate of drug-likeness (QED) is 0.879. The number of benzene rings is 1. The van der Waals surface area contributed by atoms with Crippen LogP contribution in [0.5, 0.6) is 5.75 Å². The Morgan fingerprint density at radius 1 is 1.20 bits per heavy atom. The minimum absolute atomic E-state index is 0.153. The van der Waals surface area contributed by atoms with Crippen LogP contribution in [-0.4, -0.2) is 22.4 Å². The normalized spacial score (nSPS) is 12.7. The molecule has 0 fully saturated rings. The smallest absolute Gasteiger partial charge is 0.119 e. The van der Waals surface area contributed by atoms with E-state index in [1.165, 1.54) is 5.56 Å². The van der Waals surface area contributed by atoms with Crippen LogP contribution in [0.25, 0.3) is 0 Å². The molecule has 4 heteroatoms. The van der Waals surface area contributed by atoms with E-state index in [9.17, 15) is 0 Å². The van der Waals surface area contributed by atoms with Crippen LogP contribution in [0.3, 0.4) is 0 Å². The summed E-state index contributed by atoms with van der Waals surface area (Å²) in [6.45, 7) is 7.08. The van der Waals surface area contributed by atoms with Gasteiger partial charge in [0.2, 0.25) is 0 Å². The minimum atomic E-state index is 0.153. The molecule has 20 heavy (non-hydrogen) atoms. The standard InChI is InChI=1S/C16H23N3O/c1-5-17-16(15-10-11-18-19(15)4)13-6-8-14(9-7-13)20-12(2)3/h6-12,16-17H,5H2,1-4H3. The highest BCUT2D eigenvalue weighted by atomic mass is 16.5. The Kier molecular flexibility index (Phi) is 4.79. The first-order valence-electron chi connectivity index (χ1n) is 7.09. The topological polar surface area (TPSA) is 39.1 Å². The molecule has 1 unspecified atom stereocenters. The number of ether oxygens (including phenoxy) is 1. The average molecular weight is 273 g/mol. The van der Waals surface area contributed by atoms with E-state index in [1.807, 2.05) is 50.0 Å². The second kappa shape index (κ2) is 6.57. The first kappa shape index (κ1) is 14.6. The van der Waals surface area contributed by atoms with Crippen LogP contribution < -0.4 is 10.1 Å². The first-order chi connectivity index (χ1) is 9.61. The molecule has 1 atom stereocenters. The molecular weight excluding hydrogens is 250 g/mol. The second-order valence-corrected chi connectivity index (χ2v) is 5.11. The number of hydrogen-bond acceptors (Lipinski definition) is 3. The van der Waals surface area contributed by atoms with Crippen molar-refractivity contribution in [1.82, 2.24) is 15.1 Å². The molecule has 1 N–H and O–H groups in total. The van der Waals surface area contributed by atoms with E-state index in [0.717, 1.165) is 18.0 Å². The summed E-state index contributed by atoms with van der Waals surface area (Å²) < 4.78 is 7.59. The summed E-state index contributed by atoms with van der Waals surface area (Å²) in [6.07, 6.45) is 2.03. The summed E-state index contributed by atoms with van der Waals surface area (Å²) in [5, 5.41) is 7.75. The molecule has 0 spiro atoms. The summed E-state index contributed by atoms with van der Waals surface area (Å²) in [5.74, 6) is 0.906. The lowest BCUT2D eigenvalue weighted by molar-refractivity contribution is 0.242. The molecule has 1 aromatic heterocycles. The van der Waals surface area contributed by atoms with E-state index in [-0.39, 0.29) is 12.1 Å². The van der Waals surface area contributed by atoms with Gasteiger partial charge in [0, 0.05) is 13.2 Å².